The Hall–Kier alpha value is -2.50. The molecule has 0 atom stereocenters. The normalized spacial score (nSPS) is 19.5. The Labute approximate surface area is 231 Å². The predicted octanol–water partition coefficient (Wildman–Crippen LogP) is 4.14. The second kappa shape index (κ2) is 11.3. The highest BCUT2D eigenvalue weighted by Crippen LogP contribution is 2.37. The number of benzene rings is 1. The molecule has 3 aliphatic heterocycles. The first kappa shape index (κ1) is 25.8. The number of fused-ring (bicyclic) bond motifs is 2. The lowest BCUT2D eigenvalue weighted by atomic mass is 10.0. The zero-order valence-electron chi connectivity index (χ0n) is 22.1. The average Bonchev–Trinajstić information content (AvgIpc) is 3.71. The van der Waals surface area contributed by atoms with E-state index in [0.717, 1.165) is 88.1 Å². The van der Waals surface area contributed by atoms with Gasteiger partial charge in [-0.1, -0.05) is 22.7 Å². The molecule has 2 aromatic heterocycles. The van der Waals surface area contributed by atoms with Crippen molar-refractivity contribution in [3.63, 3.8) is 0 Å². The van der Waals surface area contributed by atoms with Crippen LogP contribution in [0.3, 0.4) is 0 Å². The van der Waals surface area contributed by atoms with Crippen molar-refractivity contribution in [2.45, 2.75) is 57.9 Å². The van der Waals surface area contributed by atoms with Crippen LogP contribution in [0.4, 0.5) is 10.3 Å². The molecule has 3 fully saturated rings. The van der Waals surface area contributed by atoms with Crippen LogP contribution >= 0.6 is 22.7 Å². The number of likely N-dealkylation sites (tertiary alicyclic amines) is 3. The molecule has 0 radical (unpaired) electrons. The highest BCUT2D eigenvalue weighted by Gasteiger charge is 2.28. The van der Waals surface area contributed by atoms with Gasteiger partial charge in [-0.15, -0.1) is 0 Å². The van der Waals surface area contributed by atoms with Gasteiger partial charge in [-0.25, -0.2) is 9.97 Å². The molecule has 0 unspecified atom stereocenters. The Bertz CT molecular complexity index is 1300. The van der Waals surface area contributed by atoms with Gasteiger partial charge in [0.05, 0.1) is 33.5 Å². The van der Waals surface area contributed by atoms with Crippen molar-refractivity contribution in [1.82, 2.24) is 24.7 Å². The molecule has 0 spiro atoms. The Morgan fingerprint density at radius 1 is 0.789 bits per heavy atom. The number of hydrogen-bond acceptors (Lipinski definition) is 9. The number of aryl methyl sites for hydroxylation is 1. The predicted molar refractivity (Wildman–Crippen MR) is 155 cm³/mol. The number of anilines is 2. The number of carbonyl (C=O) groups is 2. The quantitative estimate of drug-likeness (QED) is 0.453. The van der Waals surface area contributed by atoms with Crippen LogP contribution in [0.25, 0.3) is 20.4 Å². The molecule has 38 heavy (non-hydrogen) atoms. The Morgan fingerprint density at radius 3 is 1.84 bits per heavy atom. The second-order valence-corrected chi connectivity index (χ2v) is 12.8. The minimum atomic E-state index is 0.143. The highest BCUT2D eigenvalue weighted by atomic mass is 32.1. The maximum atomic E-state index is 12.9. The van der Waals surface area contributed by atoms with E-state index in [4.69, 9.17) is 9.97 Å². The summed E-state index contributed by atoms with van der Waals surface area (Å²) in [6, 6.07) is 2.77. The van der Waals surface area contributed by atoms with Crippen molar-refractivity contribution >= 4 is 65.2 Å². The number of amides is 2. The van der Waals surface area contributed by atoms with Crippen molar-refractivity contribution < 1.29 is 9.59 Å². The summed E-state index contributed by atoms with van der Waals surface area (Å²) in [6.45, 7) is 8.47. The maximum absolute atomic E-state index is 12.9. The van der Waals surface area contributed by atoms with Crippen molar-refractivity contribution in [3.05, 3.63) is 11.6 Å². The van der Waals surface area contributed by atoms with E-state index in [0.29, 0.717) is 6.04 Å². The molecule has 1 aromatic carbocycles. The van der Waals surface area contributed by atoms with Gasteiger partial charge in [0.25, 0.3) is 0 Å². The number of carbonyl (C=O) groups excluding carboxylic acids is 2. The third-order valence-electron chi connectivity index (χ3n) is 8.24. The van der Waals surface area contributed by atoms with Crippen LogP contribution in [0.5, 0.6) is 0 Å². The van der Waals surface area contributed by atoms with E-state index in [9.17, 15) is 9.59 Å². The van der Waals surface area contributed by atoms with Crippen LogP contribution in [-0.4, -0.2) is 94.9 Å². The van der Waals surface area contributed by atoms with Crippen LogP contribution < -0.4 is 10.6 Å². The number of hydrogen-bond donors (Lipinski definition) is 2. The van der Waals surface area contributed by atoms with Gasteiger partial charge >= 0.3 is 0 Å². The van der Waals surface area contributed by atoms with Crippen LogP contribution in [-0.2, 0) is 9.59 Å². The number of piperidine rings is 2. The van der Waals surface area contributed by atoms with Crippen LogP contribution in [0.1, 0.15) is 50.5 Å². The highest BCUT2D eigenvalue weighted by molar-refractivity contribution is 7.24. The lowest BCUT2D eigenvalue weighted by molar-refractivity contribution is -0.131. The molecule has 204 valence electrons. The Kier molecular flexibility index (Phi) is 7.67. The van der Waals surface area contributed by atoms with Gasteiger partial charge in [0, 0.05) is 37.8 Å². The molecule has 0 bridgehead atoms. The first-order valence-electron chi connectivity index (χ1n) is 14.0. The van der Waals surface area contributed by atoms with E-state index < -0.39 is 0 Å². The average molecular weight is 556 g/mol. The summed E-state index contributed by atoms with van der Waals surface area (Å²) in [4.78, 5) is 41.5. The minimum Gasteiger partial charge on any atom is -0.352 e. The zero-order valence-corrected chi connectivity index (χ0v) is 23.8. The summed E-state index contributed by atoms with van der Waals surface area (Å²) < 4.78 is 2.16. The molecule has 5 heterocycles. The molecule has 2 amide bonds. The first-order valence-corrected chi connectivity index (χ1v) is 15.7. The van der Waals surface area contributed by atoms with Gasteiger partial charge in [-0.05, 0) is 71.0 Å². The minimum absolute atomic E-state index is 0.143. The maximum Gasteiger partial charge on any atom is 0.241 e. The topological polar surface area (TPSA) is 93.7 Å². The summed E-state index contributed by atoms with van der Waals surface area (Å²) in [7, 11) is 0. The van der Waals surface area contributed by atoms with E-state index in [1.54, 1.807) is 22.7 Å². The molecule has 11 heteroatoms. The molecular formula is C27H37N7O2S2. The molecular weight excluding hydrogens is 518 g/mol. The number of thiazole rings is 2. The van der Waals surface area contributed by atoms with E-state index >= 15 is 0 Å². The summed E-state index contributed by atoms with van der Waals surface area (Å²) in [5.41, 5.74) is 2.87. The Morgan fingerprint density at radius 2 is 1.29 bits per heavy atom. The van der Waals surface area contributed by atoms with Crippen molar-refractivity contribution in [1.29, 1.82) is 0 Å². The van der Waals surface area contributed by atoms with Crippen molar-refractivity contribution in [2.75, 3.05) is 63.0 Å². The largest absolute Gasteiger partial charge is 0.352 e. The van der Waals surface area contributed by atoms with Gasteiger partial charge in [0.15, 0.2) is 10.3 Å². The van der Waals surface area contributed by atoms with Gasteiger partial charge < -0.3 is 25.3 Å². The van der Waals surface area contributed by atoms with Gasteiger partial charge in [-0.2, -0.15) is 0 Å². The number of rotatable bonds is 7. The number of nitrogens with one attached hydrogen (secondary N) is 2. The summed E-state index contributed by atoms with van der Waals surface area (Å²) in [6.07, 6.45) is 8.20. The van der Waals surface area contributed by atoms with Crippen LogP contribution in [0, 0.1) is 6.92 Å². The molecule has 0 saturated carbocycles. The fourth-order valence-electron chi connectivity index (χ4n) is 6.04. The van der Waals surface area contributed by atoms with Gasteiger partial charge in [0.1, 0.15) is 0 Å². The van der Waals surface area contributed by atoms with E-state index in [1.807, 2.05) is 16.7 Å². The fourth-order valence-corrected chi connectivity index (χ4v) is 8.03. The molecule has 3 aliphatic rings. The van der Waals surface area contributed by atoms with E-state index in [1.165, 1.54) is 32.4 Å². The smallest absolute Gasteiger partial charge is 0.241 e. The van der Waals surface area contributed by atoms with Crippen molar-refractivity contribution in [2.24, 2.45) is 0 Å². The third-order valence-corrected chi connectivity index (χ3v) is 10.2. The SMILES string of the molecule is Cc1c2nc(NCC(=O)N3CCCCC3)sc2cc2sc(NCC(=O)N3CCC(N4CCCC4)CC3)nc12. The Balaban J connectivity index is 1.05. The van der Waals surface area contributed by atoms with Crippen molar-refractivity contribution in [3.8, 4) is 0 Å². The van der Waals surface area contributed by atoms with E-state index in [-0.39, 0.29) is 24.9 Å². The van der Waals surface area contributed by atoms with Gasteiger partial charge in [-0.3, -0.25) is 9.59 Å². The third kappa shape index (κ3) is 5.46. The molecule has 3 saturated heterocycles. The summed E-state index contributed by atoms with van der Waals surface area (Å²) in [5.74, 6) is 0.294. The number of nitrogens with zero attached hydrogens (tertiary/aromatic N) is 5. The summed E-state index contributed by atoms with van der Waals surface area (Å²) in [5, 5.41) is 8.06. The monoisotopic (exact) mass is 555 g/mol. The molecule has 3 aromatic rings. The lowest BCUT2D eigenvalue weighted by Gasteiger charge is -2.36. The molecule has 9 nitrogen and oxygen atoms in total. The van der Waals surface area contributed by atoms with Gasteiger partial charge in [0.2, 0.25) is 11.8 Å². The second-order valence-electron chi connectivity index (χ2n) is 10.7. The first-order chi connectivity index (χ1) is 18.5. The standard InChI is InChI=1S/C27H37N7O2S2/c1-18-24-20(37-26(30-24)28-16-22(35)33-11-3-2-4-12-33)15-21-25(18)31-27(38-21)29-17-23(36)34-13-7-19(8-14-34)32-9-5-6-10-32/h15,19H,2-14,16-17H2,1H3,(H,28,30)(H,29,31). The molecule has 6 rings (SSSR count). The van der Waals surface area contributed by atoms with Crippen LogP contribution in [0.15, 0.2) is 6.07 Å². The van der Waals surface area contributed by atoms with Crippen LogP contribution in [0.2, 0.25) is 0 Å². The van der Waals surface area contributed by atoms with E-state index in [2.05, 4.69) is 21.6 Å². The fraction of sp³-hybridized carbons (Fsp3) is 0.630. The number of aromatic nitrogens is 2. The molecule has 0 aliphatic carbocycles. The lowest BCUT2D eigenvalue weighted by Crippen LogP contribution is -2.47. The zero-order chi connectivity index (χ0) is 26.1. The molecule has 2 N–H and O–H groups in total. The summed E-state index contributed by atoms with van der Waals surface area (Å²) >= 11 is 3.15.